The van der Waals surface area contributed by atoms with Gasteiger partial charge in [0.1, 0.15) is 17.4 Å². The van der Waals surface area contributed by atoms with Crippen LogP contribution in [0.4, 0.5) is 10.1 Å². The number of benzene rings is 1. The average Bonchev–Trinajstić information content (AvgIpc) is 2.16. The van der Waals surface area contributed by atoms with Crippen molar-refractivity contribution in [3.05, 3.63) is 29.6 Å². The second kappa shape index (κ2) is 4.79. The summed E-state index contributed by atoms with van der Waals surface area (Å²) in [5, 5.41) is 8.87. The van der Waals surface area contributed by atoms with E-state index in [0.717, 1.165) is 6.54 Å². The Balaban J connectivity index is 3.04. The first kappa shape index (κ1) is 11.5. The SMILES string of the molecule is CC(C)CN(C)c1cccc(F)c1C#N. The Bertz CT molecular complexity index is 380. The zero-order chi connectivity index (χ0) is 11.4. The summed E-state index contributed by atoms with van der Waals surface area (Å²) in [6.45, 7) is 4.97. The van der Waals surface area contributed by atoms with Crippen molar-refractivity contribution in [3.8, 4) is 6.07 Å². The maximum atomic E-state index is 13.3. The molecule has 0 spiro atoms. The van der Waals surface area contributed by atoms with Crippen LogP contribution in [-0.2, 0) is 0 Å². The lowest BCUT2D eigenvalue weighted by atomic mass is 10.1. The Labute approximate surface area is 89.9 Å². The van der Waals surface area contributed by atoms with Gasteiger partial charge in [-0.25, -0.2) is 4.39 Å². The fourth-order valence-electron chi connectivity index (χ4n) is 1.59. The number of halogens is 1. The lowest BCUT2D eigenvalue weighted by Crippen LogP contribution is -2.23. The molecule has 3 heteroatoms. The molecule has 0 atom stereocenters. The van der Waals surface area contributed by atoms with E-state index in [0.29, 0.717) is 11.6 Å². The number of anilines is 1. The van der Waals surface area contributed by atoms with Crippen LogP contribution in [0.3, 0.4) is 0 Å². The summed E-state index contributed by atoms with van der Waals surface area (Å²) >= 11 is 0. The fraction of sp³-hybridized carbons (Fsp3) is 0.417. The van der Waals surface area contributed by atoms with Gasteiger partial charge in [-0.15, -0.1) is 0 Å². The van der Waals surface area contributed by atoms with E-state index in [-0.39, 0.29) is 5.56 Å². The van der Waals surface area contributed by atoms with Gasteiger partial charge < -0.3 is 4.90 Å². The molecular weight excluding hydrogens is 191 g/mol. The van der Waals surface area contributed by atoms with Crippen LogP contribution in [0.1, 0.15) is 19.4 Å². The molecule has 0 saturated heterocycles. The van der Waals surface area contributed by atoms with E-state index < -0.39 is 5.82 Å². The van der Waals surface area contributed by atoms with Crippen LogP contribution in [0.2, 0.25) is 0 Å². The van der Waals surface area contributed by atoms with Gasteiger partial charge in [-0.05, 0) is 18.1 Å². The Morgan fingerprint density at radius 2 is 2.13 bits per heavy atom. The molecule has 0 N–H and O–H groups in total. The summed E-state index contributed by atoms with van der Waals surface area (Å²) < 4.78 is 13.3. The summed E-state index contributed by atoms with van der Waals surface area (Å²) in [5.41, 5.74) is 0.784. The number of nitrogens with zero attached hydrogens (tertiary/aromatic N) is 2. The Morgan fingerprint density at radius 3 is 2.67 bits per heavy atom. The lowest BCUT2D eigenvalue weighted by molar-refractivity contribution is 0.615. The minimum absolute atomic E-state index is 0.126. The number of hydrogen-bond acceptors (Lipinski definition) is 2. The van der Waals surface area contributed by atoms with Gasteiger partial charge in [0.25, 0.3) is 0 Å². The van der Waals surface area contributed by atoms with E-state index >= 15 is 0 Å². The van der Waals surface area contributed by atoms with Crippen LogP contribution >= 0.6 is 0 Å². The molecule has 0 aliphatic carbocycles. The molecule has 0 aliphatic rings. The van der Waals surface area contributed by atoms with Gasteiger partial charge in [-0.2, -0.15) is 5.26 Å². The second-order valence-corrected chi connectivity index (χ2v) is 4.02. The number of nitriles is 1. The monoisotopic (exact) mass is 206 g/mol. The van der Waals surface area contributed by atoms with Gasteiger partial charge in [0, 0.05) is 13.6 Å². The highest BCUT2D eigenvalue weighted by Gasteiger charge is 2.11. The highest BCUT2D eigenvalue weighted by molar-refractivity contribution is 5.59. The molecule has 0 heterocycles. The normalized spacial score (nSPS) is 10.1. The summed E-state index contributed by atoms with van der Waals surface area (Å²) in [7, 11) is 1.87. The van der Waals surface area contributed by atoms with E-state index in [1.807, 2.05) is 18.0 Å². The molecule has 0 radical (unpaired) electrons. The summed E-state index contributed by atoms with van der Waals surface area (Å²) in [5.74, 6) is 0.0235. The standard InChI is InChI=1S/C12H15FN2/c1-9(2)8-15(3)12-6-4-5-11(13)10(12)7-14/h4-6,9H,8H2,1-3H3. The Hall–Kier alpha value is -1.56. The zero-order valence-electron chi connectivity index (χ0n) is 9.29. The molecule has 0 aromatic heterocycles. The molecule has 1 aromatic carbocycles. The van der Waals surface area contributed by atoms with Crippen molar-refractivity contribution >= 4 is 5.69 Å². The van der Waals surface area contributed by atoms with E-state index in [9.17, 15) is 4.39 Å². The molecule has 0 unspecified atom stereocenters. The maximum Gasteiger partial charge on any atom is 0.143 e. The molecule has 15 heavy (non-hydrogen) atoms. The molecule has 2 nitrogen and oxygen atoms in total. The van der Waals surface area contributed by atoms with Crippen molar-refractivity contribution in [3.63, 3.8) is 0 Å². The van der Waals surface area contributed by atoms with Crippen molar-refractivity contribution < 1.29 is 4.39 Å². The van der Waals surface area contributed by atoms with Crippen molar-refractivity contribution in [2.75, 3.05) is 18.5 Å². The van der Waals surface area contributed by atoms with Gasteiger partial charge in [0.15, 0.2) is 0 Å². The summed E-state index contributed by atoms with van der Waals surface area (Å²) in [6.07, 6.45) is 0. The van der Waals surface area contributed by atoms with Crippen molar-refractivity contribution in [1.82, 2.24) is 0 Å². The molecule has 0 bridgehead atoms. The van der Waals surface area contributed by atoms with Crippen molar-refractivity contribution in [1.29, 1.82) is 5.26 Å². The highest BCUT2D eigenvalue weighted by atomic mass is 19.1. The average molecular weight is 206 g/mol. The largest absolute Gasteiger partial charge is 0.373 e. The van der Waals surface area contributed by atoms with Crippen LogP contribution in [-0.4, -0.2) is 13.6 Å². The molecule has 80 valence electrons. The van der Waals surface area contributed by atoms with Crippen LogP contribution < -0.4 is 4.90 Å². The molecule has 0 saturated carbocycles. The summed E-state index contributed by atoms with van der Waals surface area (Å²) in [4.78, 5) is 1.91. The first-order valence-electron chi connectivity index (χ1n) is 4.96. The number of hydrogen-bond donors (Lipinski definition) is 0. The molecule has 0 amide bonds. The molecule has 0 fully saturated rings. The molecule has 1 aromatic rings. The Morgan fingerprint density at radius 1 is 1.47 bits per heavy atom. The highest BCUT2D eigenvalue weighted by Crippen LogP contribution is 2.21. The van der Waals surface area contributed by atoms with E-state index in [2.05, 4.69) is 13.8 Å². The summed E-state index contributed by atoms with van der Waals surface area (Å²) in [6, 6.07) is 6.61. The first-order chi connectivity index (χ1) is 7.06. The minimum atomic E-state index is -0.453. The third kappa shape index (κ3) is 2.69. The lowest BCUT2D eigenvalue weighted by Gasteiger charge is -2.22. The van der Waals surface area contributed by atoms with Crippen LogP contribution in [0.5, 0.6) is 0 Å². The van der Waals surface area contributed by atoms with Gasteiger partial charge in [-0.3, -0.25) is 0 Å². The third-order valence-electron chi connectivity index (χ3n) is 2.15. The predicted molar refractivity (Wildman–Crippen MR) is 59.2 cm³/mol. The fourth-order valence-corrected chi connectivity index (χ4v) is 1.59. The van der Waals surface area contributed by atoms with Crippen molar-refractivity contribution in [2.45, 2.75) is 13.8 Å². The first-order valence-corrected chi connectivity index (χ1v) is 4.96. The second-order valence-electron chi connectivity index (χ2n) is 4.02. The quantitative estimate of drug-likeness (QED) is 0.760. The topological polar surface area (TPSA) is 27.0 Å². The predicted octanol–water partition coefficient (Wildman–Crippen LogP) is 2.79. The van der Waals surface area contributed by atoms with Gasteiger partial charge in [0.05, 0.1) is 5.69 Å². The maximum absolute atomic E-state index is 13.3. The van der Waals surface area contributed by atoms with E-state index in [1.165, 1.54) is 6.07 Å². The molecule has 0 aliphatic heterocycles. The molecular formula is C12H15FN2. The van der Waals surface area contributed by atoms with Crippen LogP contribution in [0.15, 0.2) is 18.2 Å². The van der Waals surface area contributed by atoms with Gasteiger partial charge >= 0.3 is 0 Å². The van der Waals surface area contributed by atoms with Gasteiger partial charge in [-0.1, -0.05) is 19.9 Å². The molecule has 1 rings (SSSR count). The number of rotatable bonds is 3. The van der Waals surface area contributed by atoms with Gasteiger partial charge in [0.2, 0.25) is 0 Å². The van der Waals surface area contributed by atoms with Crippen LogP contribution in [0.25, 0.3) is 0 Å². The smallest absolute Gasteiger partial charge is 0.143 e. The van der Waals surface area contributed by atoms with E-state index in [1.54, 1.807) is 12.1 Å². The van der Waals surface area contributed by atoms with E-state index in [4.69, 9.17) is 5.26 Å². The van der Waals surface area contributed by atoms with Crippen molar-refractivity contribution in [2.24, 2.45) is 5.92 Å². The zero-order valence-corrected chi connectivity index (χ0v) is 9.29. The minimum Gasteiger partial charge on any atom is -0.373 e. The van der Waals surface area contributed by atoms with Crippen LogP contribution in [0, 0.1) is 23.1 Å². The third-order valence-corrected chi connectivity index (χ3v) is 2.15. The Kier molecular flexibility index (Phi) is 3.68.